The largest absolute Gasteiger partial charge is 0.467 e. The van der Waals surface area contributed by atoms with Crippen LogP contribution in [0.25, 0.3) is 0 Å². The van der Waals surface area contributed by atoms with Crippen molar-refractivity contribution in [1.82, 2.24) is 10.2 Å². The second-order valence-corrected chi connectivity index (χ2v) is 6.76. The maximum atomic E-state index is 10.7. The molecule has 2 rings (SSSR count). The number of non-ortho nitro benzene ring substituents is 1. The molecular formula is C18H25IN4O3S. The maximum absolute atomic E-state index is 10.7. The third kappa shape index (κ3) is 8.21. The van der Waals surface area contributed by atoms with E-state index in [0.29, 0.717) is 13.1 Å². The molecule has 1 heterocycles. The SMILES string of the molecule is CSCCCNC(=NCc1ccc([N+](=O)[O-])cc1)N(C)Cc1ccco1.I. The second-order valence-electron chi connectivity index (χ2n) is 5.77. The highest BCUT2D eigenvalue weighted by atomic mass is 127. The molecule has 27 heavy (non-hydrogen) atoms. The quantitative estimate of drug-likeness (QED) is 0.138. The zero-order valence-electron chi connectivity index (χ0n) is 15.5. The predicted molar refractivity (Wildman–Crippen MR) is 121 cm³/mol. The fourth-order valence-corrected chi connectivity index (χ4v) is 2.76. The molecule has 0 radical (unpaired) electrons. The molecule has 0 bridgehead atoms. The Bertz CT molecular complexity index is 708. The van der Waals surface area contributed by atoms with E-state index in [1.54, 1.807) is 18.4 Å². The molecule has 1 aromatic carbocycles. The van der Waals surface area contributed by atoms with Crippen molar-refractivity contribution in [3.63, 3.8) is 0 Å². The van der Waals surface area contributed by atoms with Crippen LogP contribution >= 0.6 is 35.7 Å². The molecule has 0 atom stereocenters. The van der Waals surface area contributed by atoms with Gasteiger partial charge in [-0.3, -0.25) is 10.1 Å². The van der Waals surface area contributed by atoms with E-state index < -0.39 is 4.92 Å². The van der Waals surface area contributed by atoms with Crippen LogP contribution in [-0.4, -0.2) is 41.4 Å². The van der Waals surface area contributed by atoms with Crippen molar-refractivity contribution < 1.29 is 9.34 Å². The molecule has 0 saturated carbocycles. The molecule has 1 aromatic heterocycles. The normalized spacial score (nSPS) is 11.0. The Balaban J connectivity index is 0.00000364. The van der Waals surface area contributed by atoms with Crippen molar-refractivity contribution in [2.24, 2.45) is 4.99 Å². The van der Waals surface area contributed by atoms with E-state index in [1.807, 2.05) is 35.8 Å². The first-order valence-corrected chi connectivity index (χ1v) is 9.73. The lowest BCUT2D eigenvalue weighted by Gasteiger charge is -2.21. The number of aliphatic imine (C=N–C) groups is 1. The number of nitro groups is 1. The van der Waals surface area contributed by atoms with E-state index in [9.17, 15) is 10.1 Å². The third-order valence-corrected chi connectivity index (χ3v) is 4.40. The Morgan fingerprint density at radius 1 is 1.33 bits per heavy atom. The van der Waals surface area contributed by atoms with Crippen LogP contribution in [0.5, 0.6) is 0 Å². The number of nitrogens with one attached hydrogen (secondary N) is 1. The lowest BCUT2D eigenvalue weighted by atomic mass is 10.2. The van der Waals surface area contributed by atoms with Gasteiger partial charge >= 0.3 is 0 Å². The van der Waals surface area contributed by atoms with Gasteiger partial charge in [-0.2, -0.15) is 11.8 Å². The van der Waals surface area contributed by atoms with Crippen molar-refractivity contribution in [3.05, 3.63) is 64.1 Å². The summed E-state index contributed by atoms with van der Waals surface area (Å²) in [6, 6.07) is 10.3. The number of hydrogen-bond acceptors (Lipinski definition) is 5. The highest BCUT2D eigenvalue weighted by Gasteiger charge is 2.09. The average molecular weight is 504 g/mol. The van der Waals surface area contributed by atoms with Crippen LogP contribution in [0, 0.1) is 10.1 Å². The van der Waals surface area contributed by atoms with Crippen molar-refractivity contribution in [3.8, 4) is 0 Å². The Hall–Kier alpha value is -1.75. The number of hydrogen-bond donors (Lipinski definition) is 1. The van der Waals surface area contributed by atoms with Gasteiger partial charge in [0.05, 0.1) is 24.3 Å². The Morgan fingerprint density at radius 2 is 2.07 bits per heavy atom. The highest BCUT2D eigenvalue weighted by Crippen LogP contribution is 2.13. The molecule has 0 unspecified atom stereocenters. The predicted octanol–water partition coefficient (Wildman–Crippen LogP) is 4.14. The van der Waals surface area contributed by atoms with Crippen molar-refractivity contribution >= 4 is 47.4 Å². The van der Waals surface area contributed by atoms with Crippen LogP contribution in [0.1, 0.15) is 17.7 Å². The monoisotopic (exact) mass is 504 g/mol. The summed E-state index contributed by atoms with van der Waals surface area (Å²) < 4.78 is 5.40. The Labute approximate surface area is 180 Å². The van der Waals surface area contributed by atoms with E-state index in [4.69, 9.17) is 4.42 Å². The molecule has 2 aromatic rings. The molecule has 0 aliphatic heterocycles. The molecule has 0 aliphatic rings. The number of benzene rings is 1. The van der Waals surface area contributed by atoms with Crippen LogP contribution in [0.2, 0.25) is 0 Å². The number of rotatable bonds is 9. The zero-order valence-corrected chi connectivity index (χ0v) is 18.6. The fourth-order valence-electron chi connectivity index (χ4n) is 2.33. The van der Waals surface area contributed by atoms with Gasteiger partial charge in [0.15, 0.2) is 5.96 Å². The first-order chi connectivity index (χ1) is 12.6. The van der Waals surface area contributed by atoms with E-state index >= 15 is 0 Å². The highest BCUT2D eigenvalue weighted by molar-refractivity contribution is 14.0. The summed E-state index contributed by atoms with van der Waals surface area (Å²) in [4.78, 5) is 17.0. The number of halogens is 1. The molecule has 0 aliphatic carbocycles. The molecule has 1 N–H and O–H groups in total. The molecule has 148 valence electrons. The third-order valence-electron chi connectivity index (χ3n) is 3.70. The topological polar surface area (TPSA) is 83.9 Å². The summed E-state index contributed by atoms with van der Waals surface area (Å²) in [5, 5.41) is 14.1. The van der Waals surface area contributed by atoms with E-state index in [0.717, 1.165) is 36.0 Å². The van der Waals surface area contributed by atoms with Crippen LogP contribution in [0.4, 0.5) is 5.69 Å². The maximum Gasteiger partial charge on any atom is 0.269 e. The lowest BCUT2D eigenvalue weighted by Crippen LogP contribution is -2.39. The second kappa shape index (κ2) is 12.6. The number of nitrogens with zero attached hydrogens (tertiary/aromatic N) is 3. The summed E-state index contributed by atoms with van der Waals surface area (Å²) in [6.07, 6.45) is 4.79. The van der Waals surface area contributed by atoms with Gasteiger partial charge < -0.3 is 14.6 Å². The summed E-state index contributed by atoms with van der Waals surface area (Å²) in [5.74, 6) is 2.73. The van der Waals surface area contributed by atoms with Gasteiger partial charge in [0, 0.05) is 25.7 Å². The van der Waals surface area contributed by atoms with Gasteiger partial charge in [0.1, 0.15) is 5.76 Å². The van der Waals surface area contributed by atoms with E-state index in [2.05, 4.69) is 16.6 Å². The van der Waals surface area contributed by atoms with Gasteiger partial charge in [-0.1, -0.05) is 12.1 Å². The number of thioether (sulfide) groups is 1. The lowest BCUT2D eigenvalue weighted by molar-refractivity contribution is -0.384. The van der Waals surface area contributed by atoms with Crippen LogP contribution in [0.3, 0.4) is 0 Å². The number of furan rings is 1. The summed E-state index contributed by atoms with van der Waals surface area (Å²) in [7, 11) is 1.96. The summed E-state index contributed by atoms with van der Waals surface area (Å²) in [5.41, 5.74) is 1.01. The average Bonchev–Trinajstić information content (AvgIpc) is 3.14. The molecule has 0 fully saturated rings. The molecule has 0 saturated heterocycles. The fraction of sp³-hybridized carbons (Fsp3) is 0.389. The van der Waals surface area contributed by atoms with Crippen LogP contribution in [0.15, 0.2) is 52.1 Å². The molecular weight excluding hydrogens is 479 g/mol. The van der Waals surface area contributed by atoms with Crippen LogP contribution < -0.4 is 5.32 Å². The van der Waals surface area contributed by atoms with Crippen molar-refractivity contribution in [2.75, 3.05) is 25.6 Å². The Morgan fingerprint density at radius 3 is 2.67 bits per heavy atom. The number of nitro benzene ring substituents is 1. The molecule has 7 nitrogen and oxygen atoms in total. The van der Waals surface area contributed by atoms with E-state index in [-0.39, 0.29) is 29.7 Å². The van der Waals surface area contributed by atoms with Gasteiger partial charge in [-0.15, -0.1) is 24.0 Å². The van der Waals surface area contributed by atoms with Gasteiger partial charge in [-0.25, -0.2) is 4.99 Å². The van der Waals surface area contributed by atoms with E-state index in [1.165, 1.54) is 12.1 Å². The van der Waals surface area contributed by atoms with Gasteiger partial charge in [0.2, 0.25) is 0 Å². The standard InChI is InChI=1S/C18H24N4O3S.HI/c1-21(14-17-5-3-11-25-17)18(19-10-4-12-26-2)20-13-15-6-8-16(9-7-15)22(23)24;/h3,5-9,11H,4,10,12-14H2,1-2H3,(H,19,20);1H. The first-order valence-electron chi connectivity index (χ1n) is 8.34. The van der Waals surface area contributed by atoms with Crippen molar-refractivity contribution in [1.29, 1.82) is 0 Å². The summed E-state index contributed by atoms with van der Waals surface area (Å²) >= 11 is 1.82. The smallest absolute Gasteiger partial charge is 0.269 e. The van der Waals surface area contributed by atoms with Crippen LogP contribution in [-0.2, 0) is 13.1 Å². The van der Waals surface area contributed by atoms with Gasteiger partial charge in [-0.05, 0) is 36.1 Å². The molecule has 0 spiro atoms. The first kappa shape index (κ1) is 23.3. The zero-order chi connectivity index (χ0) is 18.8. The molecule has 9 heteroatoms. The summed E-state index contributed by atoms with van der Waals surface area (Å²) in [6.45, 7) is 1.90. The minimum absolute atomic E-state index is 0. The molecule has 0 amide bonds. The van der Waals surface area contributed by atoms with Gasteiger partial charge in [0.25, 0.3) is 5.69 Å². The van der Waals surface area contributed by atoms with Crippen molar-refractivity contribution in [2.45, 2.75) is 19.5 Å². The minimum Gasteiger partial charge on any atom is -0.467 e. The Kier molecular flexibility index (Phi) is 10.9. The minimum atomic E-state index is -0.400. The number of guanidine groups is 1.